The van der Waals surface area contributed by atoms with Crippen LogP contribution in [-0.4, -0.2) is 15.2 Å². The van der Waals surface area contributed by atoms with Gasteiger partial charge in [0.05, 0.1) is 4.75 Å². The first-order valence-corrected chi connectivity index (χ1v) is 6.13. The Balaban J connectivity index is 2.93. The highest BCUT2D eigenvalue weighted by Crippen LogP contribution is 2.13. The first-order valence-electron chi connectivity index (χ1n) is 5.03. The maximum absolute atomic E-state index is 13.0. The zero-order valence-corrected chi connectivity index (χ0v) is 10.8. The topological polar surface area (TPSA) is 29.4 Å². The molecule has 0 bridgehead atoms. The fraction of sp³-hybridized carbons (Fsp3) is 0.417. The van der Waals surface area contributed by atoms with Gasteiger partial charge in [0.15, 0.2) is 0 Å². The van der Waals surface area contributed by atoms with Gasteiger partial charge in [0.2, 0.25) is 0 Å². The molecule has 0 spiro atoms. The Morgan fingerprint density at radius 2 is 2.00 bits per heavy atom. The normalized spacial score (nSPS) is 14.3. The van der Waals surface area contributed by atoms with E-state index < -0.39 is 15.7 Å². The number of hydrogen-bond acceptors (Lipinski definition) is 1. The lowest BCUT2D eigenvalue weighted by atomic mass is 10.1. The highest BCUT2D eigenvalue weighted by Gasteiger charge is 2.18. The number of benzene rings is 1. The molecule has 0 aromatic heterocycles. The van der Waals surface area contributed by atoms with Gasteiger partial charge in [-0.2, -0.15) is 4.40 Å². The minimum atomic E-state index is -1.31. The first-order chi connectivity index (χ1) is 7.30. The van der Waals surface area contributed by atoms with Gasteiger partial charge >= 0.3 is 0 Å². The van der Waals surface area contributed by atoms with Crippen LogP contribution in [0.4, 0.5) is 4.39 Å². The van der Waals surface area contributed by atoms with Crippen molar-refractivity contribution in [1.82, 2.24) is 0 Å². The van der Waals surface area contributed by atoms with Crippen molar-refractivity contribution in [1.29, 1.82) is 0 Å². The fourth-order valence-corrected chi connectivity index (χ4v) is 1.54. The van der Waals surface area contributed by atoms with Crippen molar-refractivity contribution >= 4 is 17.2 Å². The summed E-state index contributed by atoms with van der Waals surface area (Å²) in [6.07, 6.45) is 1.47. The van der Waals surface area contributed by atoms with Gasteiger partial charge in [-0.15, -0.1) is 0 Å². The number of aryl methyl sites for hydroxylation is 1. The third-order valence-electron chi connectivity index (χ3n) is 2.05. The van der Waals surface area contributed by atoms with E-state index in [2.05, 4.69) is 4.40 Å². The van der Waals surface area contributed by atoms with Crippen LogP contribution in [0.5, 0.6) is 0 Å². The number of rotatable bonds is 2. The second kappa shape index (κ2) is 4.87. The molecule has 0 aliphatic rings. The minimum Gasteiger partial charge on any atom is -0.234 e. The Morgan fingerprint density at radius 3 is 2.56 bits per heavy atom. The van der Waals surface area contributed by atoms with Crippen molar-refractivity contribution in [2.45, 2.75) is 32.4 Å². The maximum atomic E-state index is 13.0. The van der Waals surface area contributed by atoms with Crippen LogP contribution in [0, 0.1) is 12.7 Å². The van der Waals surface area contributed by atoms with E-state index in [0.29, 0.717) is 5.56 Å². The quantitative estimate of drug-likeness (QED) is 0.732. The predicted molar refractivity (Wildman–Crippen MR) is 66.6 cm³/mol. The van der Waals surface area contributed by atoms with Gasteiger partial charge in [-0.25, -0.2) is 8.60 Å². The van der Waals surface area contributed by atoms with E-state index in [1.807, 2.05) is 27.7 Å². The molecule has 16 heavy (non-hydrogen) atoms. The molecule has 0 saturated heterocycles. The molecule has 1 atom stereocenters. The summed E-state index contributed by atoms with van der Waals surface area (Å²) in [6, 6.07) is 4.46. The maximum Gasteiger partial charge on any atom is 0.144 e. The average Bonchev–Trinajstić information content (AvgIpc) is 2.17. The van der Waals surface area contributed by atoms with E-state index in [9.17, 15) is 8.60 Å². The largest absolute Gasteiger partial charge is 0.234 e. The van der Waals surface area contributed by atoms with Crippen LogP contribution in [0.3, 0.4) is 0 Å². The van der Waals surface area contributed by atoms with Crippen LogP contribution in [-0.2, 0) is 11.0 Å². The molecule has 4 heteroatoms. The molecule has 0 radical (unpaired) electrons. The predicted octanol–water partition coefficient (Wildman–Crippen LogP) is 3.02. The lowest BCUT2D eigenvalue weighted by Gasteiger charge is -2.12. The molecule has 0 amide bonds. The Kier molecular flexibility index (Phi) is 3.97. The lowest BCUT2D eigenvalue weighted by Crippen LogP contribution is -2.19. The van der Waals surface area contributed by atoms with Crippen LogP contribution in [0.1, 0.15) is 31.9 Å². The SMILES string of the molecule is Cc1ccc(F)cc1/C=N/[S@@](=O)C(C)(C)C. The summed E-state index contributed by atoms with van der Waals surface area (Å²) in [5, 5.41) is 0. The summed E-state index contributed by atoms with van der Waals surface area (Å²) < 4.78 is 28.2. The second-order valence-corrected chi connectivity index (χ2v) is 6.53. The summed E-state index contributed by atoms with van der Waals surface area (Å²) in [4.78, 5) is 0. The van der Waals surface area contributed by atoms with Crippen molar-refractivity contribution in [3.63, 3.8) is 0 Å². The summed E-state index contributed by atoms with van der Waals surface area (Å²) >= 11 is 0. The molecule has 2 nitrogen and oxygen atoms in total. The van der Waals surface area contributed by atoms with E-state index in [4.69, 9.17) is 0 Å². The molecule has 0 saturated carbocycles. The van der Waals surface area contributed by atoms with Crippen molar-refractivity contribution in [2.75, 3.05) is 0 Å². The van der Waals surface area contributed by atoms with Crippen LogP contribution in [0.15, 0.2) is 22.6 Å². The van der Waals surface area contributed by atoms with E-state index in [-0.39, 0.29) is 5.82 Å². The van der Waals surface area contributed by atoms with Gasteiger partial charge in [-0.3, -0.25) is 0 Å². The molecule has 0 aliphatic carbocycles. The Hall–Kier alpha value is -1.03. The first kappa shape index (κ1) is 13.0. The monoisotopic (exact) mass is 241 g/mol. The average molecular weight is 241 g/mol. The van der Waals surface area contributed by atoms with E-state index >= 15 is 0 Å². The van der Waals surface area contributed by atoms with Crippen LogP contribution < -0.4 is 0 Å². The van der Waals surface area contributed by atoms with Gasteiger partial charge in [0.1, 0.15) is 16.8 Å². The molecule has 0 N–H and O–H groups in total. The number of hydrogen-bond donors (Lipinski definition) is 0. The second-order valence-electron chi connectivity index (χ2n) is 4.60. The summed E-state index contributed by atoms with van der Waals surface area (Å²) in [7, 11) is -1.31. The third kappa shape index (κ3) is 3.52. The third-order valence-corrected chi connectivity index (χ3v) is 3.40. The molecule has 0 heterocycles. The Bertz CT molecular complexity index is 435. The summed E-state index contributed by atoms with van der Waals surface area (Å²) in [6.45, 7) is 7.40. The van der Waals surface area contributed by atoms with Gasteiger partial charge in [-0.1, -0.05) is 6.07 Å². The zero-order valence-electron chi connectivity index (χ0n) is 9.95. The molecular formula is C12H16FNOS. The van der Waals surface area contributed by atoms with Crippen molar-refractivity contribution in [3.8, 4) is 0 Å². The van der Waals surface area contributed by atoms with Gasteiger partial charge in [-0.05, 0) is 51.0 Å². The zero-order chi connectivity index (χ0) is 12.3. The number of halogens is 1. The molecule has 88 valence electrons. The van der Waals surface area contributed by atoms with E-state index in [1.165, 1.54) is 18.3 Å². The number of nitrogens with zero attached hydrogens (tertiary/aromatic N) is 1. The fourth-order valence-electron chi connectivity index (χ4n) is 1.01. The molecule has 1 aromatic rings. The minimum absolute atomic E-state index is 0.311. The smallest absolute Gasteiger partial charge is 0.144 e. The molecule has 0 fully saturated rings. The lowest BCUT2D eigenvalue weighted by molar-refractivity contribution is 0.627. The van der Waals surface area contributed by atoms with Crippen LogP contribution in [0.2, 0.25) is 0 Å². The standard InChI is InChI=1S/C12H16FNOS/c1-9-5-6-11(13)7-10(9)8-14-16(15)12(2,3)4/h5-8H,1-4H3/b14-8+/t16-/m0/s1. The van der Waals surface area contributed by atoms with Crippen LogP contribution >= 0.6 is 0 Å². The van der Waals surface area contributed by atoms with Gasteiger partial charge < -0.3 is 0 Å². The van der Waals surface area contributed by atoms with Crippen molar-refractivity contribution in [2.24, 2.45) is 4.40 Å². The molecule has 1 aromatic carbocycles. The highest BCUT2D eigenvalue weighted by atomic mass is 32.2. The van der Waals surface area contributed by atoms with Gasteiger partial charge in [0.25, 0.3) is 0 Å². The van der Waals surface area contributed by atoms with Crippen molar-refractivity contribution in [3.05, 3.63) is 35.1 Å². The van der Waals surface area contributed by atoms with Crippen LogP contribution in [0.25, 0.3) is 0 Å². The Morgan fingerprint density at radius 1 is 1.38 bits per heavy atom. The Labute approximate surface area is 98.2 Å². The van der Waals surface area contributed by atoms with Crippen molar-refractivity contribution < 1.29 is 8.60 Å². The molecule has 1 rings (SSSR count). The summed E-state index contributed by atoms with van der Waals surface area (Å²) in [5.41, 5.74) is 1.58. The highest BCUT2D eigenvalue weighted by molar-refractivity contribution is 7.85. The molecule has 0 unspecified atom stereocenters. The van der Waals surface area contributed by atoms with E-state index in [1.54, 1.807) is 6.07 Å². The molecular weight excluding hydrogens is 225 g/mol. The molecule has 0 aliphatic heterocycles. The van der Waals surface area contributed by atoms with Gasteiger partial charge in [0, 0.05) is 6.21 Å². The van der Waals surface area contributed by atoms with E-state index in [0.717, 1.165) is 5.56 Å². The summed E-state index contributed by atoms with van der Waals surface area (Å²) in [5.74, 6) is -0.311.